The minimum atomic E-state index is -0.968. The maximum atomic E-state index is 13.1. The number of carboxylic acids is 1. The van der Waals surface area contributed by atoms with E-state index < -0.39 is 5.97 Å². The number of thioether (sulfide) groups is 1. The SMILES string of the molecule is CCCN1C(=O)/C(=C/c2ccc(OCc3ccc(C(=O)O)cc3)c(OC)c2)SC1=Nc1ccccc1. The van der Waals surface area contributed by atoms with E-state index in [4.69, 9.17) is 14.6 Å². The van der Waals surface area contributed by atoms with Crippen LogP contribution in [-0.2, 0) is 11.4 Å². The first kappa shape index (κ1) is 25.1. The molecule has 36 heavy (non-hydrogen) atoms. The van der Waals surface area contributed by atoms with Gasteiger partial charge < -0.3 is 14.6 Å². The van der Waals surface area contributed by atoms with Gasteiger partial charge in [-0.3, -0.25) is 9.69 Å². The molecule has 0 aliphatic carbocycles. The molecule has 184 valence electrons. The van der Waals surface area contributed by atoms with E-state index in [-0.39, 0.29) is 18.1 Å². The lowest BCUT2D eigenvalue weighted by atomic mass is 10.1. The molecule has 7 nitrogen and oxygen atoms in total. The van der Waals surface area contributed by atoms with Crippen molar-refractivity contribution in [2.45, 2.75) is 20.0 Å². The maximum absolute atomic E-state index is 13.1. The number of carboxylic acid groups (broad SMARTS) is 1. The third-order valence-electron chi connectivity index (χ3n) is 5.40. The molecule has 0 aromatic heterocycles. The zero-order chi connectivity index (χ0) is 25.5. The number of hydrogen-bond acceptors (Lipinski definition) is 6. The Morgan fingerprint density at radius 2 is 1.81 bits per heavy atom. The predicted molar refractivity (Wildman–Crippen MR) is 142 cm³/mol. The molecule has 4 rings (SSSR count). The van der Waals surface area contributed by atoms with Crippen LogP contribution in [0.25, 0.3) is 6.08 Å². The summed E-state index contributed by atoms with van der Waals surface area (Å²) in [6.45, 7) is 2.89. The molecule has 1 amide bonds. The summed E-state index contributed by atoms with van der Waals surface area (Å²) in [4.78, 5) is 31.1. The Hall–Kier alpha value is -4.04. The number of carbonyl (C=O) groups is 2. The molecular weight excluding hydrogens is 476 g/mol. The highest BCUT2D eigenvalue weighted by atomic mass is 32.2. The highest BCUT2D eigenvalue weighted by molar-refractivity contribution is 8.18. The highest BCUT2D eigenvalue weighted by Crippen LogP contribution is 2.36. The van der Waals surface area contributed by atoms with Crippen LogP contribution in [0.3, 0.4) is 0 Å². The molecule has 0 saturated carbocycles. The molecule has 1 heterocycles. The lowest BCUT2D eigenvalue weighted by Gasteiger charge is -2.14. The van der Waals surface area contributed by atoms with Crippen LogP contribution in [0.5, 0.6) is 11.5 Å². The number of para-hydroxylation sites is 1. The van der Waals surface area contributed by atoms with Crippen molar-refractivity contribution in [2.75, 3.05) is 13.7 Å². The van der Waals surface area contributed by atoms with Gasteiger partial charge in [0.25, 0.3) is 5.91 Å². The lowest BCUT2D eigenvalue weighted by Crippen LogP contribution is -2.29. The van der Waals surface area contributed by atoms with Crippen LogP contribution in [0.2, 0.25) is 0 Å². The van der Waals surface area contributed by atoms with Gasteiger partial charge in [0.1, 0.15) is 6.61 Å². The van der Waals surface area contributed by atoms with Crippen molar-refractivity contribution < 1.29 is 24.2 Å². The molecule has 0 atom stereocenters. The second-order valence-electron chi connectivity index (χ2n) is 8.00. The average molecular weight is 503 g/mol. The van der Waals surface area contributed by atoms with Crippen molar-refractivity contribution in [3.05, 3.63) is 94.4 Å². The smallest absolute Gasteiger partial charge is 0.335 e. The summed E-state index contributed by atoms with van der Waals surface area (Å²) >= 11 is 1.36. The number of carbonyl (C=O) groups excluding carboxylic acids is 1. The van der Waals surface area contributed by atoms with Gasteiger partial charge in [0.2, 0.25) is 0 Å². The molecule has 1 fully saturated rings. The minimum absolute atomic E-state index is 0.0689. The van der Waals surface area contributed by atoms with Gasteiger partial charge in [-0.1, -0.05) is 43.3 Å². The Bertz CT molecular complexity index is 1300. The van der Waals surface area contributed by atoms with Crippen molar-refractivity contribution in [1.82, 2.24) is 4.90 Å². The molecule has 1 saturated heterocycles. The topological polar surface area (TPSA) is 88.4 Å². The quantitative estimate of drug-likeness (QED) is 0.362. The molecule has 0 unspecified atom stereocenters. The molecule has 1 aliphatic heterocycles. The number of amidine groups is 1. The van der Waals surface area contributed by atoms with Crippen LogP contribution in [-0.4, -0.2) is 40.7 Å². The van der Waals surface area contributed by atoms with Crippen LogP contribution in [0, 0.1) is 0 Å². The molecule has 8 heteroatoms. The number of hydrogen-bond donors (Lipinski definition) is 1. The van der Waals surface area contributed by atoms with E-state index in [9.17, 15) is 9.59 Å². The molecule has 1 N–H and O–H groups in total. The largest absolute Gasteiger partial charge is 0.493 e. The van der Waals surface area contributed by atoms with E-state index in [1.807, 2.05) is 55.5 Å². The second-order valence-corrected chi connectivity index (χ2v) is 9.01. The Morgan fingerprint density at radius 1 is 1.06 bits per heavy atom. The number of nitrogens with zero attached hydrogens (tertiary/aromatic N) is 2. The normalized spacial score (nSPS) is 15.5. The fourth-order valence-electron chi connectivity index (χ4n) is 3.57. The van der Waals surface area contributed by atoms with Gasteiger partial charge in [0.15, 0.2) is 16.7 Å². The van der Waals surface area contributed by atoms with Crippen LogP contribution < -0.4 is 9.47 Å². The number of methoxy groups -OCH3 is 1. The molecule has 0 spiro atoms. The van der Waals surface area contributed by atoms with Crippen LogP contribution in [0.15, 0.2) is 82.7 Å². The molecule has 0 bridgehead atoms. The van der Waals surface area contributed by atoms with Gasteiger partial charge in [-0.2, -0.15) is 0 Å². The third kappa shape index (κ3) is 5.95. The Balaban J connectivity index is 1.52. The highest BCUT2D eigenvalue weighted by Gasteiger charge is 2.32. The third-order valence-corrected chi connectivity index (χ3v) is 6.40. The van der Waals surface area contributed by atoms with E-state index >= 15 is 0 Å². The summed E-state index contributed by atoms with van der Waals surface area (Å²) in [5.74, 6) is 0.0431. The van der Waals surface area contributed by atoms with Gasteiger partial charge in [-0.05, 0) is 71.8 Å². The second kappa shape index (κ2) is 11.6. The van der Waals surface area contributed by atoms with E-state index in [1.54, 1.807) is 42.3 Å². The number of aliphatic imine (C=N–C) groups is 1. The summed E-state index contributed by atoms with van der Waals surface area (Å²) in [5.41, 5.74) is 2.67. The van der Waals surface area contributed by atoms with Gasteiger partial charge >= 0.3 is 5.97 Å². The lowest BCUT2D eigenvalue weighted by molar-refractivity contribution is -0.122. The summed E-state index contributed by atoms with van der Waals surface area (Å²) in [5, 5.41) is 9.70. The summed E-state index contributed by atoms with van der Waals surface area (Å²) in [6, 6.07) is 21.6. The standard InChI is InChI=1S/C28H26N2O5S/c1-3-15-30-26(31)25(36-28(30)29-22-7-5-4-6-8-22)17-20-11-14-23(24(16-20)34-2)35-18-19-9-12-21(13-10-19)27(32)33/h4-14,16-17H,3,15,18H2,1-2H3,(H,32,33)/b25-17-,29-28?. The van der Waals surface area contributed by atoms with Crippen molar-refractivity contribution in [1.29, 1.82) is 0 Å². The summed E-state index contributed by atoms with van der Waals surface area (Å²) < 4.78 is 11.4. The molecule has 3 aromatic rings. The summed E-state index contributed by atoms with van der Waals surface area (Å²) in [6.07, 6.45) is 2.66. The van der Waals surface area contributed by atoms with Crippen molar-refractivity contribution >= 4 is 40.6 Å². The van der Waals surface area contributed by atoms with Crippen LogP contribution in [0.1, 0.15) is 34.8 Å². The van der Waals surface area contributed by atoms with Crippen LogP contribution in [0.4, 0.5) is 5.69 Å². The van der Waals surface area contributed by atoms with Crippen LogP contribution >= 0.6 is 11.8 Å². The Kier molecular flexibility index (Phi) is 8.07. The summed E-state index contributed by atoms with van der Waals surface area (Å²) in [7, 11) is 1.56. The van der Waals surface area contributed by atoms with Crippen molar-refractivity contribution in [3.8, 4) is 11.5 Å². The number of ether oxygens (including phenoxy) is 2. The number of rotatable bonds is 9. The first-order valence-electron chi connectivity index (χ1n) is 11.5. The van der Waals surface area contributed by atoms with E-state index in [1.165, 1.54) is 11.8 Å². The fourth-order valence-corrected chi connectivity index (χ4v) is 4.60. The minimum Gasteiger partial charge on any atom is -0.493 e. The molecule has 1 aliphatic rings. The van der Waals surface area contributed by atoms with Crippen molar-refractivity contribution in [2.24, 2.45) is 4.99 Å². The average Bonchev–Trinajstić information content (AvgIpc) is 3.17. The first-order valence-corrected chi connectivity index (χ1v) is 12.3. The number of benzene rings is 3. The molecule has 0 radical (unpaired) electrons. The zero-order valence-corrected chi connectivity index (χ0v) is 20.8. The van der Waals surface area contributed by atoms with Gasteiger partial charge in [-0.25, -0.2) is 9.79 Å². The van der Waals surface area contributed by atoms with E-state index in [0.717, 1.165) is 23.2 Å². The monoisotopic (exact) mass is 502 g/mol. The number of aromatic carboxylic acids is 1. The van der Waals surface area contributed by atoms with Crippen molar-refractivity contribution in [3.63, 3.8) is 0 Å². The number of amides is 1. The molecule has 3 aromatic carbocycles. The van der Waals surface area contributed by atoms with Gasteiger partial charge in [0, 0.05) is 6.54 Å². The Morgan fingerprint density at radius 3 is 2.47 bits per heavy atom. The fraction of sp³-hybridized carbons (Fsp3) is 0.179. The maximum Gasteiger partial charge on any atom is 0.335 e. The first-order chi connectivity index (χ1) is 17.5. The Labute approximate surface area is 214 Å². The zero-order valence-electron chi connectivity index (χ0n) is 20.0. The van der Waals surface area contributed by atoms with Gasteiger partial charge in [-0.15, -0.1) is 0 Å². The van der Waals surface area contributed by atoms with E-state index in [0.29, 0.717) is 28.1 Å². The predicted octanol–water partition coefficient (Wildman–Crippen LogP) is 5.99. The van der Waals surface area contributed by atoms with E-state index in [2.05, 4.69) is 4.99 Å². The van der Waals surface area contributed by atoms with Gasteiger partial charge in [0.05, 0.1) is 23.3 Å². The molecular formula is C28H26N2O5S.